The highest BCUT2D eigenvalue weighted by molar-refractivity contribution is 8.13. The Bertz CT molecular complexity index is 636. The van der Waals surface area contributed by atoms with Gasteiger partial charge in [-0.3, -0.25) is 4.79 Å². The Morgan fingerprint density at radius 3 is 2.57 bits per heavy atom. The van der Waals surface area contributed by atoms with E-state index in [1.54, 1.807) is 13.8 Å². The molecule has 0 spiro atoms. The molecule has 0 aliphatic heterocycles. The summed E-state index contributed by atoms with van der Waals surface area (Å²) in [6, 6.07) is 1.01. The molecule has 0 fully saturated rings. The molecule has 0 aliphatic rings. The van der Waals surface area contributed by atoms with E-state index in [9.17, 15) is 22.0 Å². The second-order valence-corrected chi connectivity index (χ2v) is 6.71. The first-order valence-corrected chi connectivity index (χ1v) is 8.31. The highest BCUT2D eigenvalue weighted by Crippen LogP contribution is 2.23. The van der Waals surface area contributed by atoms with Crippen LogP contribution in [0.1, 0.15) is 24.2 Å². The predicted octanol–water partition coefficient (Wildman–Crippen LogP) is 2.05. The third kappa shape index (κ3) is 4.90. The molecule has 1 unspecified atom stereocenters. The van der Waals surface area contributed by atoms with Gasteiger partial charge in [-0.05, 0) is 26.0 Å². The number of carbonyl (C=O) groups excluding carboxylic acids is 1. The lowest BCUT2D eigenvalue weighted by Gasteiger charge is -2.13. The molecule has 1 rings (SSSR count). The van der Waals surface area contributed by atoms with Crippen molar-refractivity contribution in [2.24, 2.45) is 0 Å². The second-order valence-electron chi connectivity index (χ2n) is 4.18. The van der Waals surface area contributed by atoms with Crippen LogP contribution >= 0.6 is 10.7 Å². The van der Waals surface area contributed by atoms with Crippen LogP contribution < -0.4 is 5.32 Å². The molecule has 0 aromatic heterocycles. The third-order valence-corrected chi connectivity index (χ3v) is 3.83. The zero-order chi connectivity index (χ0) is 16.2. The lowest BCUT2D eigenvalue weighted by atomic mass is 10.2. The molecule has 0 bridgehead atoms. The van der Waals surface area contributed by atoms with Crippen molar-refractivity contribution in [3.63, 3.8) is 0 Å². The molecule has 118 valence electrons. The molecule has 1 amide bonds. The van der Waals surface area contributed by atoms with E-state index in [1.807, 2.05) is 0 Å². The summed E-state index contributed by atoms with van der Waals surface area (Å²) in [4.78, 5) is 10.7. The number of carbonyl (C=O) groups is 1. The normalized spacial score (nSPS) is 13.0. The summed E-state index contributed by atoms with van der Waals surface area (Å²) in [5.74, 6) is -3.44. The summed E-state index contributed by atoms with van der Waals surface area (Å²) in [5.41, 5.74) is -0.738. The van der Waals surface area contributed by atoms with E-state index in [0.29, 0.717) is 18.7 Å². The second kappa shape index (κ2) is 7.15. The number of rotatable bonds is 6. The van der Waals surface area contributed by atoms with Gasteiger partial charge in [-0.15, -0.1) is 0 Å². The first kappa shape index (κ1) is 17.8. The maximum Gasteiger partial charge on any atom is 0.264 e. The molecule has 0 saturated carbocycles. The fourth-order valence-corrected chi connectivity index (χ4v) is 2.50. The van der Waals surface area contributed by atoms with Crippen LogP contribution in [-0.2, 0) is 13.8 Å². The first-order valence-electron chi connectivity index (χ1n) is 6.00. The van der Waals surface area contributed by atoms with Crippen LogP contribution in [0.5, 0.6) is 0 Å². The molecule has 1 aromatic rings. The van der Waals surface area contributed by atoms with Crippen molar-refractivity contribution >= 4 is 25.6 Å². The summed E-state index contributed by atoms with van der Waals surface area (Å²) in [7, 11) is 0.496. The van der Waals surface area contributed by atoms with E-state index in [2.05, 4.69) is 5.32 Å². The number of hydrogen-bond donors (Lipinski definition) is 1. The van der Waals surface area contributed by atoms with Crippen molar-refractivity contribution in [3.8, 4) is 0 Å². The summed E-state index contributed by atoms with van der Waals surface area (Å²) >= 11 is 0. The molecular weight excluding hydrogens is 328 g/mol. The van der Waals surface area contributed by atoms with E-state index in [-0.39, 0.29) is 12.6 Å². The van der Waals surface area contributed by atoms with Gasteiger partial charge in [-0.1, -0.05) is 0 Å². The molecule has 0 heterocycles. The van der Waals surface area contributed by atoms with Gasteiger partial charge in [0.15, 0.2) is 5.82 Å². The van der Waals surface area contributed by atoms with Crippen LogP contribution in [0.25, 0.3) is 0 Å². The SMILES string of the molecule is CCOC(C)CNC(=O)c1cc(F)cc(S(=O)(=O)Cl)c1F. The van der Waals surface area contributed by atoms with E-state index >= 15 is 0 Å². The summed E-state index contributed by atoms with van der Waals surface area (Å²) < 4.78 is 54.7. The average molecular weight is 342 g/mol. The van der Waals surface area contributed by atoms with E-state index in [4.69, 9.17) is 15.4 Å². The molecule has 0 aliphatic carbocycles. The molecule has 1 N–H and O–H groups in total. The van der Waals surface area contributed by atoms with Crippen molar-refractivity contribution in [2.45, 2.75) is 24.8 Å². The maximum atomic E-state index is 13.9. The Labute approximate surface area is 125 Å². The average Bonchev–Trinajstić information content (AvgIpc) is 2.37. The fourth-order valence-electron chi connectivity index (χ4n) is 1.58. The predicted molar refractivity (Wildman–Crippen MR) is 72.8 cm³/mol. The van der Waals surface area contributed by atoms with Crippen LogP contribution in [0.4, 0.5) is 8.78 Å². The van der Waals surface area contributed by atoms with Gasteiger partial charge in [-0.2, -0.15) is 0 Å². The zero-order valence-corrected chi connectivity index (χ0v) is 12.9. The van der Waals surface area contributed by atoms with Crippen LogP contribution in [0, 0.1) is 11.6 Å². The monoisotopic (exact) mass is 341 g/mol. The van der Waals surface area contributed by atoms with E-state index < -0.39 is 37.1 Å². The Kier molecular flexibility index (Phi) is 6.06. The van der Waals surface area contributed by atoms with E-state index in [1.165, 1.54) is 0 Å². The molecule has 0 saturated heterocycles. The van der Waals surface area contributed by atoms with Gasteiger partial charge < -0.3 is 10.1 Å². The fraction of sp³-hybridized carbons (Fsp3) is 0.417. The van der Waals surface area contributed by atoms with Crippen LogP contribution in [0.3, 0.4) is 0 Å². The minimum absolute atomic E-state index is 0.0611. The molecule has 5 nitrogen and oxygen atoms in total. The standard InChI is InChI=1S/C12H14ClF2NO4S/c1-3-20-7(2)6-16-12(17)9-4-8(14)5-10(11(9)15)21(13,18)19/h4-5,7H,3,6H2,1-2H3,(H,16,17). The van der Waals surface area contributed by atoms with Crippen molar-refractivity contribution in [1.82, 2.24) is 5.32 Å². The molecule has 21 heavy (non-hydrogen) atoms. The zero-order valence-electron chi connectivity index (χ0n) is 11.3. The minimum atomic E-state index is -4.50. The Morgan fingerprint density at radius 1 is 1.43 bits per heavy atom. The van der Waals surface area contributed by atoms with Gasteiger partial charge in [0.05, 0.1) is 11.7 Å². The largest absolute Gasteiger partial charge is 0.377 e. The van der Waals surface area contributed by atoms with Crippen LogP contribution in [-0.4, -0.2) is 33.6 Å². The summed E-state index contributed by atoms with van der Waals surface area (Å²) in [5, 5.41) is 2.32. The number of halogens is 3. The van der Waals surface area contributed by atoms with Gasteiger partial charge in [0.1, 0.15) is 10.7 Å². The Morgan fingerprint density at radius 2 is 2.05 bits per heavy atom. The summed E-state index contributed by atoms with van der Waals surface area (Å²) in [6.07, 6.45) is -0.327. The van der Waals surface area contributed by atoms with Gasteiger partial charge in [0, 0.05) is 23.8 Å². The number of hydrogen-bond acceptors (Lipinski definition) is 4. The van der Waals surface area contributed by atoms with Crippen molar-refractivity contribution in [1.29, 1.82) is 0 Å². The van der Waals surface area contributed by atoms with Gasteiger partial charge >= 0.3 is 0 Å². The lowest BCUT2D eigenvalue weighted by molar-refractivity contribution is 0.0693. The minimum Gasteiger partial charge on any atom is -0.377 e. The van der Waals surface area contributed by atoms with Gasteiger partial charge in [0.2, 0.25) is 0 Å². The molecular formula is C12H14ClF2NO4S. The van der Waals surface area contributed by atoms with Gasteiger partial charge in [0.25, 0.3) is 15.0 Å². The smallest absolute Gasteiger partial charge is 0.264 e. The highest BCUT2D eigenvalue weighted by Gasteiger charge is 2.24. The summed E-state index contributed by atoms with van der Waals surface area (Å²) in [6.45, 7) is 3.94. The van der Waals surface area contributed by atoms with Crippen LogP contribution in [0.15, 0.2) is 17.0 Å². The number of benzene rings is 1. The Balaban J connectivity index is 3.03. The number of ether oxygens (including phenoxy) is 1. The van der Waals surface area contributed by atoms with E-state index in [0.717, 1.165) is 0 Å². The van der Waals surface area contributed by atoms with Gasteiger partial charge in [-0.25, -0.2) is 17.2 Å². The Hall–Kier alpha value is -1.25. The van der Waals surface area contributed by atoms with Crippen molar-refractivity contribution < 1.29 is 26.7 Å². The van der Waals surface area contributed by atoms with Crippen molar-refractivity contribution in [2.75, 3.05) is 13.2 Å². The third-order valence-electron chi connectivity index (χ3n) is 2.51. The lowest BCUT2D eigenvalue weighted by Crippen LogP contribution is -2.32. The highest BCUT2D eigenvalue weighted by atomic mass is 35.7. The molecule has 1 atom stereocenters. The van der Waals surface area contributed by atoms with Crippen LogP contribution in [0.2, 0.25) is 0 Å². The molecule has 9 heteroatoms. The topological polar surface area (TPSA) is 72.5 Å². The first-order chi connectivity index (χ1) is 9.66. The maximum absolute atomic E-state index is 13.9. The molecule has 1 aromatic carbocycles. The van der Waals surface area contributed by atoms with Crippen molar-refractivity contribution in [3.05, 3.63) is 29.3 Å². The number of nitrogens with one attached hydrogen (secondary N) is 1. The number of amides is 1. The molecule has 0 radical (unpaired) electrons. The quantitative estimate of drug-likeness (QED) is 0.804.